The van der Waals surface area contributed by atoms with E-state index in [2.05, 4.69) is 19.4 Å². The van der Waals surface area contributed by atoms with Crippen molar-refractivity contribution in [1.29, 1.82) is 0 Å². The Hall–Kier alpha value is -3.83. The quantitative estimate of drug-likeness (QED) is 0.123. The molecular weight excluding hydrogens is 833 g/mol. The number of hydrogen-bond donors (Lipinski definition) is 3. The Morgan fingerprint density at radius 2 is 1.64 bits per heavy atom. The number of sulfone groups is 1. The van der Waals surface area contributed by atoms with Crippen molar-refractivity contribution in [3.8, 4) is 5.88 Å². The molecule has 330 valence electrons. The van der Waals surface area contributed by atoms with Gasteiger partial charge >= 0.3 is 11.9 Å². The summed E-state index contributed by atoms with van der Waals surface area (Å²) in [6, 6.07) is -0.393. The number of nitrogens with zero attached hydrogens (tertiary/aromatic N) is 3. The molecule has 6 atom stereocenters. The molecule has 3 heterocycles. The van der Waals surface area contributed by atoms with E-state index in [9.17, 15) is 40.8 Å². The van der Waals surface area contributed by atoms with Crippen LogP contribution in [0.4, 0.5) is 5.82 Å². The predicted molar refractivity (Wildman–Crippen MR) is 216 cm³/mol. The van der Waals surface area contributed by atoms with Crippen LogP contribution < -0.4 is 25.0 Å². The van der Waals surface area contributed by atoms with Gasteiger partial charge in [0.25, 0.3) is 15.9 Å². The lowest BCUT2D eigenvalue weighted by Crippen LogP contribution is -2.44. The molecule has 2 aliphatic heterocycles. The van der Waals surface area contributed by atoms with Crippen molar-refractivity contribution in [3.63, 3.8) is 0 Å². The van der Waals surface area contributed by atoms with Gasteiger partial charge in [0.1, 0.15) is 12.7 Å². The molecule has 3 N–H and O–H groups in total. The maximum Gasteiger partial charge on any atom is 0.307 e. The van der Waals surface area contributed by atoms with E-state index in [-0.39, 0.29) is 34.9 Å². The summed E-state index contributed by atoms with van der Waals surface area (Å²) in [5, 5.41) is 5.69. The van der Waals surface area contributed by atoms with E-state index in [1.54, 1.807) is 6.92 Å². The molecule has 1 aromatic heterocycles. The molecule has 0 radical (unpaired) electrons. The first-order chi connectivity index (χ1) is 27.5. The fraction of sp³-hybridized carbons (Fsp3) is 0.703. The van der Waals surface area contributed by atoms with Crippen LogP contribution in [0.2, 0.25) is 0 Å². The first-order valence-electron chi connectivity index (χ1n) is 19.5. The number of aromatic nitrogens is 2. The van der Waals surface area contributed by atoms with Crippen LogP contribution in [0.25, 0.3) is 0 Å². The third-order valence-corrected chi connectivity index (χ3v) is 14.3. The number of Topliss-reactive ketones (excluding diaryl/α,β-unsaturated/α-hetero) is 2. The fourth-order valence-corrected chi connectivity index (χ4v) is 10.2. The molecule has 4 rings (SSSR count). The third-order valence-electron chi connectivity index (χ3n) is 10.1. The van der Waals surface area contributed by atoms with Crippen molar-refractivity contribution in [3.05, 3.63) is 21.5 Å². The summed E-state index contributed by atoms with van der Waals surface area (Å²) >= 11 is 0.992. The molecule has 1 aromatic rings. The van der Waals surface area contributed by atoms with E-state index in [1.807, 2.05) is 37.3 Å². The number of amides is 1. The molecule has 1 amide bonds. The molecule has 0 aromatic carbocycles. The van der Waals surface area contributed by atoms with Crippen LogP contribution in [-0.4, -0.2) is 130 Å². The summed E-state index contributed by atoms with van der Waals surface area (Å²) in [7, 11) is -8.34. The summed E-state index contributed by atoms with van der Waals surface area (Å²) in [6.07, 6.45) is -2.00. The molecule has 1 fully saturated rings. The Morgan fingerprint density at radius 3 is 2.27 bits per heavy atom. The highest BCUT2D eigenvalue weighted by atomic mass is 32.2. The van der Waals surface area contributed by atoms with Crippen molar-refractivity contribution >= 4 is 66.8 Å². The molecule has 0 spiro atoms. The fourth-order valence-electron chi connectivity index (χ4n) is 6.57. The lowest BCUT2D eigenvalue weighted by molar-refractivity contribution is -0.159. The molecule has 0 unspecified atom stereocenters. The number of nitrogens with one attached hydrogen (secondary N) is 3. The number of morpholine rings is 1. The Morgan fingerprint density at radius 1 is 1.00 bits per heavy atom. The lowest BCUT2D eigenvalue weighted by atomic mass is 9.90. The van der Waals surface area contributed by atoms with Gasteiger partial charge in [-0.2, -0.15) is 4.37 Å². The average molecular weight is 889 g/mol. The van der Waals surface area contributed by atoms with E-state index in [0.717, 1.165) is 18.7 Å². The van der Waals surface area contributed by atoms with Crippen LogP contribution in [0.15, 0.2) is 21.5 Å². The topological polar surface area (TPSA) is 256 Å². The highest BCUT2D eigenvalue weighted by Crippen LogP contribution is 2.41. The SMILES string of the molecule is CCN[C@H]1C[C@H](C)S(=O)(=O)C2=C1C=C(S(=O)(=O)NC(=O)[C@H](C)C(=O)[C@H](C)C(=O)[C@H](C)OC(=O)CCC(=O)O[C@@H](CNC(C)(C)C)COc1nsnc1N1CCOCC1)C2. The molecule has 22 heteroatoms. The van der Waals surface area contributed by atoms with E-state index < -0.39 is 104 Å². The van der Waals surface area contributed by atoms with Crippen molar-refractivity contribution in [1.82, 2.24) is 24.1 Å². The van der Waals surface area contributed by atoms with Gasteiger partial charge in [0, 0.05) is 37.6 Å². The smallest absolute Gasteiger partial charge is 0.307 e. The van der Waals surface area contributed by atoms with Crippen LogP contribution in [0.5, 0.6) is 5.88 Å². The second kappa shape index (κ2) is 20.2. The summed E-state index contributed by atoms with van der Waals surface area (Å²) in [4.78, 5) is 66.6. The van der Waals surface area contributed by atoms with Gasteiger partial charge in [0.15, 0.2) is 27.5 Å². The number of sulfonamides is 1. The Balaban J connectivity index is 1.27. The Kier molecular flexibility index (Phi) is 16.3. The number of hydrogen-bond acceptors (Lipinski definition) is 19. The van der Waals surface area contributed by atoms with Gasteiger partial charge in [0.05, 0.1) is 64.7 Å². The number of rotatable bonds is 20. The average Bonchev–Trinajstić information content (AvgIpc) is 3.85. The minimum Gasteiger partial charge on any atom is -0.470 e. The molecule has 59 heavy (non-hydrogen) atoms. The van der Waals surface area contributed by atoms with E-state index >= 15 is 0 Å². The Labute approximate surface area is 349 Å². The van der Waals surface area contributed by atoms with Crippen molar-refractivity contribution in [2.45, 2.75) is 110 Å². The monoisotopic (exact) mass is 888 g/mol. The van der Waals surface area contributed by atoms with E-state index in [0.29, 0.717) is 50.1 Å². The van der Waals surface area contributed by atoms with Crippen LogP contribution >= 0.6 is 11.7 Å². The number of anilines is 1. The number of allylic oxidation sites excluding steroid dienone is 2. The van der Waals surface area contributed by atoms with Gasteiger partial charge in [-0.3, -0.25) is 24.0 Å². The molecule has 3 aliphatic rings. The predicted octanol–water partition coefficient (Wildman–Crippen LogP) is 1.35. The van der Waals surface area contributed by atoms with Gasteiger partial charge in [-0.05, 0) is 73.1 Å². The second-order valence-corrected chi connectivity index (χ2v) is 20.4. The summed E-state index contributed by atoms with van der Waals surface area (Å²) < 4.78 is 85.1. The minimum atomic E-state index is -4.57. The van der Waals surface area contributed by atoms with Crippen LogP contribution in [0.3, 0.4) is 0 Å². The van der Waals surface area contributed by atoms with E-state index in [4.69, 9.17) is 18.9 Å². The molecule has 1 aliphatic carbocycles. The number of carbonyl (C=O) groups excluding carboxylic acids is 5. The van der Waals surface area contributed by atoms with Gasteiger partial charge in [0.2, 0.25) is 11.7 Å². The standard InChI is InChI=1S/C37H56N6O13S3/c1-9-38-28-16-21(2)58(49,50)29-18-26(17-27(28)29)59(51,52)42-35(48)23(4)32(46)22(3)33(47)24(5)55-30(44)10-11-31(45)56-25(19-39-37(6,7)8)20-54-36-34(40-57-41-36)43-12-14-53-15-13-43/h17,21-25,28,38-39H,9-16,18-20H2,1-8H3,(H,42,48)/t21-,22-,23+,24-,25-,28-/m0/s1. The largest absolute Gasteiger partial charge is 0.470 e. The molecular formula is C37H56N6O13S3. The van der Waals surface area contributed by atoms with Gasteiger partial charge in [-0.1, -0.05) is 6.92 Å². The maximum atomic E-state index is 13.3. The minimum absolute atomic E-state index is 0.0233. The number of likely N-dealkylation sites (N-methyl/N-ethyl adjacent to an activating group) is 1. The van der Waals surface area contributed by atoms with Crippen LogP contribution in [-0.2, 0) is 58.0 Å². The summed E-state index contributed by atoms with van der Waals surface area (Å²) in [5.74, 6) is -6.88. The van der Waals surface area contributed by atoms with Crippen LogP contribution in [0.1, 0.15) is 81.1 Å². The second-order valence-electron chi connectivity index (χ2n) is 15.8. The molecule has 19 nitrogen and oxygen atoms in total. The molecule has 0 bridgehead atoms. The first kappa shape index (κ1) is 47.8. The normalized spacial score (nSPS) is 21.4. The summed E-state index contributed by atoms with van der Waals surface area (Å²) in [6.45, 7) is 15.8. The maximum absolute atomic E-state index is 13.3. The van der Waals surface area contributed by atoms with Crippen molar-refractivity contribution in [2.75, 3.05) is 50.9 Å². The zero-order chi connectivity index (χ0) is 43.9. The third kappa shape index (κ3) is 12.6. The van der Waals surface area contributed by atoms with E-state index in [1.165, 1.54) is 19.9 Å². The van der Waals surface area contributed by atoms with Gasteiger partial charge < -0.3 is 34.5 Å². The number of esters is 2. The van der Waals surface area contributed by atoms with Crippen molar-refractivity contribution in [2.24, 2.45) is 11.8 Å². The van der Waals surface area contributed by atoms with Gasteiger partial charge in [-0.25, -0.2) is 21.6 Å². The molecule has 0 saturated carbocycles. The zero-order valence-electron chi connectivity index (χ0n) is 34.7. The van der Waals surface area contributed by atoms with Gasteiger partial charge in [-0.15, -0.1) is 4.37 Å². The number of ether oxygens (including phenoxy) is 4. The summed E-state index contributed by atoms with van der Waals surface area (Å²) in [5.41, 5.74) is 0.0103. The lowest BCUT2D eigenvalue weighted by Gasteiger charge is -2.29. The Bertz CT molecular complexity index is 2020. The highest BCUT2D eigenvalue weighted by molar-refractivity contribution is 7.96. The van der Waals surface area contributed by atoms with Crippen molar-refractivity contribution < 1.29 is 59.8 Å². The number of ketones is 2. The zero-order valence-corrected chi connectivity index (χ0v) is 37.1. The molecule has 1 saturated heterocycles. The number of carbonyl (C=O) groups is 5. The van der Waals surface area contributed by atoms with Crippen LogP contribution in [0, 0.1) is 11.8 Å². The first-order valence-corrected chi connectivity index (χ1v) is 23.3. The highest BCUT2D eigenvalue weighted by Gasteiger charge is 2.43.